The maximum Gasteiger partial charge on any atom is 0.236 e. The van der Waals surface area contributed by atoms with Crippen LogP contribution in [0.5, 0.6) is 5.75 Å². The number of nitrogens with two attached hydrogens (primary N) is 1. The summed E-state index contributed by atoms with van der Waals surface area (Å²) in [5.74, 6) is 0.959. The highest BCUT2D eigenvalue weighted by Crippen LogP contribution is 2.14. The molecule has 1 aliphatic heterocycles. The molecule has 0 radical (unpaired) electrons. The lowest BCUT2D eigenvalue weighted by Crippen LogP contribution is -2.49. The number of nitrogens with zero attached hydrogens (tertiary/aromatic N) is 2. The van der Waals surface area contributed by atoms with Crippen LogP contribution >= 0.6 is 24.8 Å². The molecule has 1 aromatic carbocycles. The van der Waals surface area contributed by atoms with Crippen LogP contribution in [-0.4, -0.2) is 55.0 Å². The van der Waals surface area contributed by atoms with Gasteiger partial charge in [0.25, 0.3) is 0 Å². The molecule has 0 bridgehead atoms. The maximum atomic E-state index is 11.5. The molecule has 1 heterocycles. The quantitative estimate of drug-likeness (QED) is 0.875. The summed E-state index contributed by atoms with van der Waals surface area (Å²) in [6.45, 7) is 7.04. The second kappa shape index (κ2) is 10.7. The Morgan fingerprint density at radius 3 is 2.23 bits per heavy atom. The molecule has 1 fully saturated rings. The smallest absolute Gasteiger partial charge is 0.236 e. The number of rotatable bonds is 5. The van der Waals surface area contributed by atoms with Gasteiger partial charge in [-0.2, -0.15) is 0 Å². The number of carbonyl (C=O) groups excluding carboxylic acids is 1. The van der Waals surface area contributed by atoms with Gasteiger partial charge in [0.1, 0.15) is 5.75 Å². The van der Waals surface area contributed by atoms with Gasteiger partial charge in [-0.1, -0.05) is 12.1 Å². The van der Waals surface area contributed by atoms with Gasteiger partial charge in [0.2, 0.25) is 5.91 Å². The molecule has 5 nitrogen and oxygen atoms in total. The molecular weight excluding hydrogens is 325 g/mol. The summed E-state index contributed by atoms with van der Waals surface area (Å²) in [6, 6.07) is 8.21. The average Bonchev–Trinajstić information content (AvgIpc) is 2.49. The predicted molar refractivity (Wildman–Crippen MR) is 93.0 cm³/mol. The number of amides is 1. The third-order valence-corrected chi connectivity index (χ3v) is 3.54. The lowest BCUT2D eigenvalue weighted by molar-refractivity contribution is -0.131. The first-order chi connectivity index (χ1) is 9.72. The van der Waals surface area contributed by atoms with Crippen LogP contribution in [0.25, 0.3) is 0 Å². The minimum Gasteiger partial charge on any atom is -0.494 e. The van der Waals surface area contributed by atoms with Gasteiger partial charge in [0, 0.05) is 32.7 Å². The van der Waals surface area contributed by atoms with E-state index in [4.69, 9.17) is 10.5 Å². The van der Waals surface area contributed by atoms with Crippen LogP contribution < -0.4 is 10.5 Å². The van der Waals surface area contributed by atoms with Gasteiger partial charge in [-0.25, -0.2) is 0 Å². The van der Waals surface area contributed by atoms with Gasteiger partial charge in [-0.15, -0.1) is 24.8 Å². The van der Waals surface area contributed by atoms with Crippen LogP contribution in [0.1, 0.15) is 12.5 Å². The Morgan fingerprint density at radius 2 is 1.73 bits per heavy atom. The second-order valence-electron chi connectivity index (χ2n) is 4.94. The molecule has 1 amide bonds. The second-order valence-corrected chi connectivity index (χ2v) is 4.94. The van der Waals surface area contributed by atoms with Crippen molar-refractivity contribution < 1.29 is 9.53 Å². The minimum absolute atomic E-state index is 0. The number of benzene rings is 1. The van der Waals surface area contributed by atoms with Crippen molar-refractivity contribution in [1.82, 2.24) is 9.80 Å². The van der Waals surface area contributed by atoms with E-state index in [9.17, 15) is 4.79 Å². The molecule has 0 aliphatic carbocycles. The molecule has 0 aromatic heterocycles. The van der Waals surface area contributed by atoms with E-state index >= 15 is 0 Å². The minimum atomic E-state index is 0. The van der Waals surface area contributed by atoms with E-state index in [1.165, 1.54) is 5.56 Å². The first kappa shape index (κ1) is 21.0. The van der Waals surface area contributed by atoms with Crippen molar-refractivity contribution in [3.05, 3.63) is 29.8 Å². The van der Waals surface area contributed by atoms with Crippen LogP contribution in [0.15, 0.2) is 24.3 Å². The summed E-state index contributed by atoms with van der Waals surface area (Å²) in [7, 11) is 0. The average molecular weight is 350 g/mol. The fourth-order valence-electron chi connectivity index (χ4n) is 2.40. The van der Waals surface area contributed by atoms with E-state index in [-0.39, 0.29) is 37.3 Å². The van der Waals surface area contributed by atoms with Crippen LogP contribution in [0.4, 0.5) is 0 Å². The van der Waals surface area contributed by atoms with Crippen molar-refractivity contribution in [2.75, 3.05) is 39.3 Å². The van der Waals surface area contributed by atoms with Crippen molar-refractivity contribution in [1.29, 1.82) is 0 Å². The summed E-state index contributed by atoms with van der Waals surface area (Å²) in [6.07, 6.45) is 0. The summed E-state index contributed by atoms with van der Waals surface area (Å²) in [4.78, 5) is 15.7. The van der Waals surface area contributed by atoms with E-state index in [2.05, 4.69) is 17.0 Å². The number of hydrogen-bond donors (Lipinski definition) is 1. The van der Waals surface area contributed by atoms with E-state index < -0.39 is 0 Å². The molecule has 0 saturated carbocycles. The highest BCUT2D eigenvalue weighted by Gasteiger charge is 2.19. The van der Waals surface area contributed by atoms with Gasteiger partial charge in [-0.05, 0) is 24.6 Å². The van der Waals surface area contributed by atoms with E-state index in [1.807, 2.05) is 24.0 Å². The molecule has 0 spiro atoms. The van der Waals surface area contributed by atoms with Gasteiger partial charge in [-0.3, -0.25) is 9.69 Å². The van der Waals surface area contributed by atoms with Crippen molar-refractivity contribution in [2.45, 2.75) is 13.5 Å². The van der Waals surface area contributed by atoms with Gasteiger partial charge >= 0.3 is 0 Å². The largest absolute Gasteiger partial charge is 0.494 e. The van der Waals surface area contributed by atoms with Crippen molar-refractivity contribution >= 4 is 30.7 Å². The van der Waals surface area contributed by atoms with Crippen molar-refractivity contribution in [3.8, 4) is 5.75 Å². The molecule has 126 valence electrons. The molecule has 2 N–H and O–H groups in total. The molecule has 1 aliphatic rings. The molecular formula is C15H25Cl2N3O2. The van der Waals surface area contributed by atoms with E-state index in [0.29, 0.717) is 6.61 Å². The normalized spacial score (nSPS) is 14.7. The third kappa shape index (κ3) is 6.01. The Kier molecular flexibility index (Phi) is 10.2. The van der Waals surface area contributed by atoms with E-state index in [1.54, 1.807) is 0 Å². The number of ether oxygens (including phenoxy) is 1. The number of piperazine rings is 1. The Balaban J connectivity index is 0.00000220. The first-order valence-corrected chi connectivity index (χ1v) is 7.15. The Labute approximate surface area is 144 Å². The third-order valence-electron chi connectivity index (χ3n) is 3.54. The number of carbonyl (C=O) groups is 1. The molecule has 7 heteroatoms. The summed E-state index contributed by atoms with van der Waals surface area (Å²) >= 11 is 0. The fourth-order valence-corrected chi connectivity index (χ4v) is 2.40. The predicted octanol–water partition coefficient (Wildman–Crippen LogP) is 1.53. The molecule has 0 atom stereocenters. The van der Waals surface area contributed by atoms with Gasteiger partial charge < -0.3 is 15.4 Å². The summed E-state index contributed by atoms with van der Waals surface area (Å²) < 4.78 is 5.43. The van der Waals surface area contributed by atoms with Crippen molar-refractivity contribution in [2.24, 2.45) is 5.73 Å². The molecule has 1 aromatic rings. The molecule has 22 heavy (non-hydrogen) atoms. The fraction of sp³-hybridized carbons (Fsp3) is 0.533. The zero-order chi connectivity index (χ0) is 14.4. The van der Waals surface area contributed by atoms with Crippen LogP contribution in [-0.2, 0) is 11.3 Å². The van der Waals surface area contributed by atoms with Crippen LogP contribution in [0.2, 0.25) is 0 Å². The van der Waals surface area contributed by atoms with Gasteiger partial charge in [0.05, 0.1) is 13.2 Å². The SMILES string of the molecule is CCOc1ccc(CN2CCN(C(=O)CN)CC2)cc1.Cl.Cl. The van der Waals surface area contributed by atoms with E-state index in [0.717, 1.165) is 38.5 Å². The van der Waals surface area contributed by atoms with Crippen LogP contribution in [0, 0.1) is 0 Å². The standard InChI is InChI=1S/C15H23N3O2.2ClH/c1-2-20-14-5-3-13(4-6-14)12-17-7-9-18(10-8-17)15(19)11-16;;/h3-6H,2,7-12,16H2,1H3;2*1H. The monoisotopic (exact) mass is 349 g/mol. The summed E-state index contributed by atoms with van der Waals surface area (Å²) in [5.41, 5.74) is 6.65. The summed E-state index contributed by atoms with van der Waals surface area (Å²) in [5, 5.41) is 0. The molecule has 1 saturated heterocycles. The maximum absolute atomic E-state index is 11.5. The van der Waals surface area contributed by atoms with Crippen molar-refractivity contribution in [3.63, 3.8) is 0 Å². The molecule has 2 rings (SSSR count). The topological polar surface area (TPSA) is 58.8 Å². The zero-order valence-electron chi connectivity index (χ0n) is 12.9. The lowest BCUT2D eigenvalue weighted by Gasteiger charge is -2.34. The molecule has 0 unspecified atom stereocenters. The Bertz CT molecular complexity index is 435. The number of halogens is 2. The van der Waals surface area contributed by atoms with Gasteiger partial charge in [0.15, 0.2) is 0 Å². The highest BCUT2D eigenvalue weighted by atomic mass is 35.5. The Morgan fingerprint density at radius 1 is 1.14 bits per heavy atom. The Hall–Kier alpha value is -1.01. The zero-order valence-corrected chi connectivity index (χ0v) is 14.5. The highest BCUT2D eigenvalue weighted by molar-refractivity contribution is 5.85. The first-order valence-electron chi connectivity index (χ1n) is 7.15. The lowest BCUT2D eigenvalue weighted by atomic mass is 10.2. The van der Waals surface area contributed by atoms with Crippen LogP contribution in [0.3, 0.4) is 0 Å². The number of hydrogen-bond acceptors (Lipinski definition) is 4.